The third-order valence-corrected chi connectivity index (χ3v) is 24.0. The lowest BCUT2D eigenvalue weighted by molar-refractivity contribution is -0.172. The Morgan fingerprint density at radius 2 is 0.394 bits per heavy atom. The summed E-state index contributed by atoms with van der Waals surface area (Å²) >= 11 is 0. The fraction of sp³-hybridized carbons (Fsp3) is 0.341. The van der Waals surface area contributed by atoms with Crippen LogP contribution in [0.15, 0.2) is 194 Å². The Bertz CT molecular complexity index is 4330. The van der Waals surface area contributed by atoms with Crippen LogP contribution in [0, 0.1) is 0 Å². The molecule has 0 saturated carbocycles. The zero-order valence-electron chi connectivity index (χ0n) is 56.9. The predicted molar refractivity (Wildman–Crippen MR) is 390 cm³/mol. The van der Waals surface area contributed by atoms with Crippen LogP contribution in [-0.4, -0.2) is 6.18 Å². The molecule has 0 amide bonds. The van der Waals surface area contributed by atoms with E-state index in [1.807, 2.05) is 24.3 Å². The van der Waals surface area contributed by atoms with E-state index in [0.29, 0.717) is 22.3 Å². The first-order valence-corrected chi connectivity index (χ1v) is 36.1. The SMILES string of the molecule is CCCC1(CCC)c2ccccc2-c2ccc(-c3ccc4c(c3)C(CCC)(CCC)c3cc(-c5ccc6c(c5)C(C)(C(F)(F)F)c5cc(-c7ccc8c(c7)C(CCC)(CCC)c7cc(-c9ccc%10c(c9)C(CCC)(CCC)c9ccccc9-%10)ccc7-8)ccc5-6)ccc3-4)cc21. The van der Waals surface area contributed by atoms with Gasteiger partial charge in [-0.1, -0.05) is 252 Å². The number of hydrogen-bond donors (Lipinski definition) is 0. The Hall–Kier alpha value is -8.01. The van der Waals surface area contributed by atoms with Crippen LogP contribution < -0.4 is 0 Å². The smallest absolute Gasteiger partial charge is 0.170 e. The molecule has 5 aliphatic rings. The summed E-state index contributed by atoms with van der Waals surface area (Å²) in [6.45, 7) is 19.9. The zero-order chi connectivity index (χ0) is 65.1. The highest BCUT2D eigenvalue weighted by atomic mass is 19.4. The predicted octanol–water partition coefficient (Wildman–Crippen LogP) is 26.7. The van der Waals surface area contributed by atoms with Crippen molar-refractivity contribution < 1.29 is 13.2 Å². The second kappa shape index (κ2) is 23.4. The lowest BCUT2D eigenvalue weighted by atomic mass is 9.70. The second-order valence-electron chi connectivity index (χ2n) is 29.1. The van der Waals surface area contributed by atoms with E-state index in [1.165, 1.54) is 118 Å². The Kier molecular flexibility index (Phi) is 15.5. The summed E-state index contributed by atoms with van der Waals surface area (Å²) in [4.78, 5) is 0. The molecule has 15 rings (SSSR count). The van der Waals surface area contributed by atoms with E-state index in [-0.39, 0.29) is 21.7 Å². The number of hydrogen-bond acceptors (Lipinski definition) is 0. The van der Waals surface area contributed by atoms with E-state index in [4.69, 9.17) is 0 Å². The quantitative estimate of drug-likeness (QED) is 0.0713. The summed E-state index contributed by atoms with van der Waals surface area (Å²) in [5.74, 6) is 0. The van der Waals surface area contributed by atoms with Crippen molar-refractivity contribution >= 4 is 0 Å². The fourth-order valence-corrected chi connectivity index (χ4v) is 20.2. The molecule has 10 aromatic rings. The normalized spacial score (nSPS) is 16.1. The van der Waals surface area contributed by atoms with Crippen LogP contribution >= 0.6 is 0 Å². The molecule has 0 fully saturated rings. The van der Waals surface area contributed by atoms with Gasteiger partial charge in [-0.05, 0) is 263 Å². The van der Waals surface area contributed by atoms with Gasteiger partial charge >= 0.3 is 6.18 Å². The van der Waals surface area contributed by atoms with Crippen LogP contribution in [0.5, 0.6) is 0 Å². The molecule has 0 unspecified atom stereocenters. The van der Waals surface area contributed by atoms with E-state index in [2.05, 4.69) is 225 Å². The van der Waals surface area contributed by atoms with Gasteiger partial charge in [0.05, 0.1) is 0 Å². The Morgan fingerprint density at radius 1 is 0.223 bits per heavy atom. The molecule has 0 saturated heterocycles. The summed E-state index contributed by atoms with van der Waals surface area (Å²) in [5, 5.41) is 0. The summed E-state index contributed by atoms with van der Waals surface area (Å²) < 4.78 is 49.7. The first-order chi connectivity index (χ1) is 45.7. The second-order valence-corrected chi connectivity index (χ2v) is 29.1. The lowest BCUT2D eigenvalue weighted by Gasteiger charge is -2.33. The van der Waals surface area contributed by atoms with E-state index in [9.17, 15) is 0 Å². The molecule has 0 spiro atoms. The van der Waals surface area contributed by atoms with E-state index >= 15 is 13.2 Å². The highest BCUT2D eigenvalue weighted by Crippen LogP contribution is 2.62. The maximum atomic E-state index is 16.6. The molecule has 0 atom stereocenters. The Labute approximate surface area is 558 Å². The molecule has 0 aliphatic heterocycles. The average molecular weight is 1240 g/mol. The number of benzene rings is 10. The van der Waals surface area contributed by atoms with Crippen molar-refractivity contribution in [1.29, 1.82) is 0 Å². The first kappa shape index (κ1) is 62.1. The molecule has 0 radical (unpaired) electrons. The molecule has 0 bridgehead atoms. The summed E-state index contributed by atoms with van der Waals surface area (Å²) in [6, 6.07) is 72.6. The third kappa shape index (κ3) is 8.90. The monoisotopic (exact) mass is 1240 g/mol. The van der Waals surface area contributed by atoms with Crippen LogP contribution in [0.3, 0.4) is 0 Å². The molecule has 0 aromatic heterocycles. The molecule has 0 N–H and O–H groups in total. The van der Waals surface area contributed by atoms with E-state index < -0.39 is 11.6 Å². The van der Waals surface area contributed by atoms with Gasteiger partial charge in [-0.15, -0.1) is 0 Å². The van der Waals surface area contributed by atoms with Gasteiger partial charge in [0.25, 0.3) is 0 Å². The maximum Gasteiger partial charge on any atom is 0.402 e. The number of fused-ring (bicyclic) bond motifs is 15. The lowest BCUT2D eigenvalue weighted by Crippen LogP contribution is -2.38. The van der Waals surface area contributed by atoms with Crippen molar-refractivity contribution in [2.75, 3.05) is 0 Å². The molecular weight excluding hydrogens is 1150 g/mol. The van der Waals surface area contributed by atoms with Gasteiger partial charge in [-0.3, -0.25) is 0 Å². The van der Waals surface area contributed by atoms with Gasteiger partial charge in [0.15, 0.2) is 0 Å². The topological polar surface area (TPSA) is 0 Å². The molecule has 10 aromatic carbocycles. The minimum atomic E-state index is -4.57. The molecule has 476 valence electrons. The van der Waals surface area contributed by atoms with Gasteiger partial charge in [0.2, 0.25) is 0 Å². The number of halogens is 3. The number of alkyl halides is 3. The van der Waals surface area contributed by atoms with Crippen LogP contribution in [0.25, 0.3) is 100 Å². The molecule has 0 nitrogen and oxygen atoms in total. The van der Waals surface area contributed by atoms with Crippen molar-refractivity contribution in [3.8, 4) is 100 Å². The summed E-state index contributed by atoms with van der Waals surface area (Å²) in [6.07, 6.45) is 12.4. The Morgan fingerprint density at radius 3 is 0.596 bits per heavy atom. The standard InChI is InChI=1S/C91H91F3/c1-10-42-87(43-11-2)76-24-20-18-22-66(76)70-36-28-62(52-80(70)87)64-32-40-74-72-38-30-60(54-82(72)89(46-14-5,47-15-6)84(74)56-64)58-26-34-68-69-35-27-59(51-79(69)86(9,78(68)50-58)91(92,93)94)61-31-39-73-75-41-33-65(57-85(75)90(48-16-7,49-17-8)83(73)55-61)63-29-37-71-67-23-19-21-25-77(67)88(44-12-3,45-13-4)81(71)53-63/h18-41,50-57H,10-17,42-49H2,1-9H3. The maximum absolute atomic E-state index is 16.6. The minimum Gasteiger partial charge on any atom is -0.170 e. The molecule has 3 heteroatoms. The minimum absolute atomic E-state index is 0.000156. The van der Waals surface area contributed by atoms with Gasteiger partial charge in [0, 0.05) is 21.7 Å². The van der Waals surface area contributed by atoms with E-state index in [0.717, 1.165) is 125 Å². The van der Waals surface area contributed by atoms with E-state index in [1.54, 1.807) is 0 Å². The van der Waals surface area contributed by atoms with Crippen molar-refractivity contribution in [1.82, 2.24) is 0 Å². The molecular formula is C91H91F3. The number of rotatable bonds is 20. The average Bonchev–Trinajstić information content (AvgIpc) is 1.55. The van der Waals surface area contributed by atoms with Crippen LogP contribution in [-0.2, 0) is 27.1 Å². The van der Waals surface area contributed by atoms with Crippen LogP contribution in [0.4, 0.5) is 13.2 Å². The molecule has 0 heterocycles. The third-order valence-electron chi connectivity index (χ3n) is 24.0. The van der Waals surface area contributed by atoms with Gasteiger partial charge in [-0.2, -0.15) is 13.2 Å². The highest BCUT2D eigenvalue weighted by molar-refractivity contribution is 5.93. The molecule has 5 aliphatic carbocycles. The first-order valence-electron chi connectivity index (χ1n) is 36.1. The fourth-order valence-electron chi connectivity index (χ4n) is 20.2. The largest absolute Gasteiger partial charge is 0.402 e. The van der Waals surface area contributed by atoms with Gasteiger partial charge < -0.3 is 0 Å². The van der Waals surface area contributed by atoms with Crippen LogP contribution in [0.1, 0.15) is 221 Å². The summed E-state index contributed by atoms with van der Waals surface area (Å²) in [7, 11) is 0. The van der Waals surface area contributed by atoms with Gasteiger partial charge in [-0.25, -0.2) is 0 Å². The highest BCUT2D eigenvalue weighted by Gasteiger charge is 2.58. The zero-order valence-corrected chi connectivity index (χ0v) is 56.9. The molecule has 94 heavy (non-hydrogen) atoms. The Balaban J connectivity index is 0.771. The summed E-state index contributed by atoms with van der Waals surface area (Å²) in [5.41, 5.74) is 29.6. The van der Waals surface area contributed by atoms with Crippen molar-refractivity contribution in [3.05, 3.63) is 250 Å². The van der Waals surface area contributed by atoms with Crippen LogP contribution in [0.2, 0.25) is 0 Å². The van der Waals surface area contributed by atoms with Crippen molar-refractivity contribution in [3.63, 3.8) is 0 Å². The van der Waals surface area contributed by atoms with Crippen molar-refractivity contribution in [2.24, 2.45) is 0 Å². The van der Waals surface area contributed by atoms with Crippen molar-refractivity contribution in [2.45, 2.75) is 198 Å². The van der Waals surface area contributed by atoms with Gasteiger partial charge in [0.1, 0.15) is 5.41 Å².